The van der Waals surface area contributed by atoms with Gasteiger partial charge in [0.05, 0.1) is 17.5 Å². The van der Waals surface area contributed by atoms with Gasteiger partial charge in [0.1, 0.15) is 12.4 Å². The Bertz CT molecular complexity index is 1070. The number of pyridine rings is 1. The SMILES string of the molecule is O=C(NO)[C@@H]1CCCN[C@H]1C(=O)Nc1ccc(COc2ccnc3ccccc23)cc1. The van der Waals surface area contributed by atoms with Crippen molar-refractivity contribution in [1.82, 2.24) is 15.8 Å². The normalized spacial score (nSPS) is 18.4. The molecule has 31 heavy (non-hydrogen) atoms. The van der Waals surface area contributed by atoms with Crippen LogP contribution in [-0.2, 0) is 16.2 Å². The van der Waals surface area contributed by atoms with E-state index in [0.29, 0.717) is 25.3 Å². The predicted octanol–water partition coefficient (Wildman–Crippen LogP) is 2.63. The molecule has 4 N–H and O–H groups in total. The number of piperidine rings is 1. The minimum atomic E-state index is -0.691. The van der Waals surface area contributed by atoms with Gasteiger partial charge in [-0.15, -0.1) is 0 Å². The number of rotatable bonds is 6. The van der Waals surface area contributed by atoms with Crippen molar-refractivity contribution < 1.29 is 19.5 Å². The molecule has 4 rings (SSSR count). The predicted molar refractivity (Wildman–Crippen MR) is 116 cm³/mol. The molecule has 0 unspecified atom stereocenters. The summed E-state index contributed by atoms with van der Waals surface area (Å²) in [5.41, 5.74) is 4.10. The minimum absolute atomic E-state index is 0.305. The van der Waals surface area contributed by atoms with Crippen molar-refractivity contribution in [2.45, 2.75) is 25.5 Å². The Hall–Kier alpha value is -3.49. The molecule has 2 atom stereocenters. The molecule has 2 heterocycles. The van der Waals surface area contributed by atoms with E-state index in [0.717, 1.165) is 28.6 Å². The fourth-order valence-electron chi connectivity index (χ4n) is 3.79. The molecule has 3 aromatic rings. The van der Waals surface area contributed by atoms with E-state index in [1.165, 1.54) is 0 Å². The van der Waals surface area contributed by atoms with E-state index in [1.807, 2.05) is 42.5 Å². The third-order valence-electron chi connectivity index (χ3n) is 5.41. The molecular weight excluding hydrogens is 396 g/mol. The summed E-state index contributed by atoms with van der Waals surface area (Å²) in [6, 6.07) is 16.3. The quantitative estimate of drug-likeness (QED) is 0.360. The van der Waals surface area contributed by atoms with E-state index in [4.69, 9.17) is 9.94 Å². The lowest BCUT2D eigenvalue weighted by Gasteiger charge is -2.30. The minimum Gasteiger partial charge on any atom is -0.488 e. The fourth-order valence-corrected chi connectivity index (χ4v) is 3.79. The van der Waals surface area contributed by atoms with E-state index in [2.05, 4.69) is 15.6 Å². The van der Waals surface area contributed by atoms with Crippen LogP contribution in [0.3, 0.4) is 0 Å². The molecule has 0 radical (unpaired) electrons. The van der Waals surface area contributed by atoms with Crippen LogP contribution >= 0.6 is 0 Å². The zero-order chi connectivity index (χ0) is 21.6. The van der Waals surface area contributed by atoms with Crippen LogP contribution in [0.5, 0.6) is 5.75 Å². The number of hydrogen-bond acceptors (Lipinski definition) is 6. The molecule has 8 nitrogen and oxygen atoms in total. The number of nitrogens with one attached hydrogen (secondary N) is 3. The first-order valence-corrected chi connectivity index (χ1v) is 10.2. The number of ether oxygens (including phenoxy) is 1. The van der Waals surface area contributed by atoms with Crippen LogP contribution in [-0.4, -0.2) is 34.6 Å². The molecule has 160 valence electrons. The number of anilines is 1. The molecule has 8 heteroatoms. The number of amides is 2. The van der Waals surface area contributed by atoms with Gasteiger partial charge in [0, 0.05) is 17.3 Å². The molecule has 0 saturated carbocycles. The summed E-state index contributed by atoms with van der Waals surface area (Å²) < 4.78 is 5.97. The van der Waals surface area contributed by atoms with Crippen LogP contribution in [0.4, 0.5) is 5.69 Å². The summed E-state index contributed by atoms with van der Waals surface area (Å²) >= 11 is 0. The van der Waals surface area contributed by atoms with Crippen molar-refractivity contribution in [3.63, 3.8) is 0 Å². The number of hydrogen-bond donors (Lipinski definition) is 4. The maximum Gasteiger partial charge on any atom is 0.248 e. The molecule has 0 bridgehead atoms. The number of aromatic nitrogens is 1. The highest BCUT2D eigenvalue weighted by Gasteiger charge is 2.35. The highest BCUT2D eigenvalue weighted by Crippen LogP contribution is 2.24. The maximum atomic E-state index is 12.7. The third-order valence-corrected chi connectivity index (χ3v) is 5.41. The topological polar surface area (TPSA) is 113 Å². The van der Waals surface area contributed by atoms with Crippen LogP contribution < -0.4 is 20.9 Å². The maximum absolute atomic E-state index is 12.7. The Labute approximate surface area is 179 Å². The Kier molecular flexibility index (Phi) is 6.40. The summed E-state index contributed by atoms with van der Waals surface area (Å²) in [7, 11) is 0. The van der Waals surface area contributed by atoms with E-state index < -0.39 is 17.9 Å². The molecule has 2 amide bonds. The molecule has 1 aromatic heterocycles. The molecule has 1 aliphatic rings. The second kappa shape index (κ2) is 9.55. The molecule has 1 saturated heterocycles. The van der Waals surface area contributed by atoms with Gasteiger partial charge in [0.15, 0.2) is 0 Å². The van der Waals surface area contributed by atoms with Crippen LogP contribution in [0.15, 0.2) is 60.8 Å². The smallest absolute Gasteiger partial charge is 0.248 e. The Morgan fingerprint density at radius 2 is 1.90 bits per heavy atom. The first-order chi connectivity index (χ1) is 15.2. The standard InChI is InChI=1S/C23H24N4O4/c28-22(27-30)18-5-3-12-25-21(18)23(29)26-16-9-7-15(8-10-16)14-31-20-11-13-24-19-6-2-1-4-17(19)20/h1-2,4,6-11,13,18,21,25,30H,3,5,12,14H2,(H,26,29)(H,27,28)/t18-,21-/m1/s1. The van der Waals surface area contributed by atoms with Crippen LogP contribution in [0.1, 0.15) is 18.4 Å². The Morgan fingerprint density at radius 3 is 2.71 bits per heavy atom. The zero-order valence-electron chi connectivity index (χ0n) is 16.9. The lowest BCUT2D eigenvalue weighted by atomic mass is 9.89. The lowest BCUT2D eigenvalue weighted by Crippen LogP contribution is -2.53. The highest BCUT2D eigenvalue weighted by atomic mass is 16.5. The molecule has 1 aliphatic heterocycles. The molecule has 2 aromatic carbocycles. The van der Waals surface area contributed by atoms with Gasteiger partial charge in [-0.3, -0.25) is 19.8 Å². The van der Waals surface area contributed by atoms with Gasteiger partial charge < -0.3 is 15.4 Å². The fraction of sp³-hybridized carbons (Fsp3) is 0.261. The summed E-state index contributed by atoms with van der Waals surface area (Å²) in [5, 5.41) is 15.8. The summed E-state index contributed by atoms with van der Waals surface area (Å²) in [6.07, 6.45) is 3.03. The van der Waals surface area contributed by atoms with Crippen LogP contribution in [0.2, 0.25) is 0 Å². The monoisotopic (exact) mass is 420 g/mol. The van der Waals surface area contributed by atoms with E-state index in [1.54, 1.807) is 23.8 Å². The highest BCUT2D eigenvalue weighted by molar-refractivity contribution is 5.98. The van der Waals surface area contributed by atoms with Crippen molar-refractivity contribution >= 4 is 28.4 Å². The summed E-state index contributed by atoms with van der Waals surface area (Å²) in [6.45, 7) is 1.03. The Morgan fingerprint density at radius 1 is 1.10 bits per heavy atom. The van der Waals surface area contributed by atoms with Crippen LogP contribution in [0.25, 0.3) is 10.9 Å². The van der Waals surface area contributed by atoms with Gasteiger partial charge in [-0.1, -0.05) is 24.3 Å². The van der Waals surface area contributed by atoms with Gasteiger partial charge in [-0.05, 0) is 55.3 Å². The van der Waals surface area contributed by atoms with E-state index in [9.17, 15) is 9.59 Å². The summed E-state index contributed by atoms with van der Waals surface area (Å²) in [4.78, 5) is 28.8. The van der Waals surface area contributed by atoms with Crippen LogP contribution in [0, 0.1) is 5.92 Å². The number of benzene rings is 2. The van der Waals surface area contributed by atoms with E-state index in [-0.39, 0.29) is 5.91 Å². The van der Waals surface area contributed by atoms with Gasteiger partial charge >= 0.3 is 0 Å². The average Bonchev–Trinajstić information content (AvgIpc) is 2.83. The largest absolute Gasteiger partial charge is 0.488 e. The summed E-state index contributed by atoms with van der Waals surface area (Å²) in [5.74, 6) is -0.704. The van der Waals surface area contributed by atoms with Crippen molar-refractivity contribution in [2.24, 2.45) is 5.92 Å². The first-order valence-electron chi connectivity index (χ1n) is 10.2. The third kappa shape index (κ3) is 4.82. The van der Waals surface area contributed by atoms with Gasteiger partial charge in [-0.25, -0.2) is 5.48 Å². The number of hydroxylamine groups is 1. The zero-order valence-corrected chi connectivity index (χ0v) is 16.9. The first kappa shape index (κ1) is 20.8. The lowest BCUT2D eigenvalue weighted by molar-refractivity contribution is -0.138. The number of para-hydroxylation sites is 1. The number of carbonyl (C=O) groups excluding carboxylic acids is 2. The average molecular weight is 420 g/mol. The molecule has 1 fully saturated rings. The second-order valence-corrected chi connectivity index (χ2v) is 7.46. The van der Waals surface area contributed by atoms with Crippen molar-refractivity contribution in [1.29, 1.82) is 0 Å². The van der Waals surface area contributed by atoms with Gasteiger partial charge in [0.2, 0.25) is 11.8 Å². The number of carbonyl (C=O) groups is 2. The Balaban J connectivity index is 1.38. The second-order valence-electron chi connectivity index (χ2n) is 7.46. The van der Waals surface area contributed by atoms with Crippen molar-refractivity contribution in [3.05, 3.63) is 66.4 Å². The van der Waals surface area contributed by atoms with Crippen molar-refractivity contribution in [3.8, 4) is 5.75 Å². The number of fused-ring (bicyclic) bond motifs is 1. The van der Waals surface area contributed by atoms with Gasteiger partial charge in [-0.2, -0.15) is 0 Å². The molecule has 0 spiro atoms. The van der Waals surface area contributed by atoms with Crippen molar-refractivity contribution in [2.75, 3.05) is 11.9 Å². The molecule has 0 aliphatic carbocycles. The van der Waals surface area contributed by atoms with Gasteiger partial charge in [0.25, 0.3) is 0 Å². The number of nitrogens with zero attached hydrogens (tertiary/aromatic N) is 1. The van der Waals surface area contributed by atoms with E-state index >= 15 is 0 Å². The molecular formula is C23H24N4O4.